The van der Waals surface area contributed by atoms with Gasteiger partial charge in [0.15, 0.2) is 0 Å². The molecule has 1 atom stereocenters. The molecule has 0 bridgehead atoms. The minimum atomic E-state index is 0.522. The molecule has 0 saturated heterocycles. The van der Waals surface area contributed by atoms with E-state index in [1.54, 1.807) is 0 Å². The van der Waals surface area contributed by atoms with E-state index in [-0.39, 0.29) is 0 Å². The number of hydrogen-bond donors (Lipinski definition) is 1. The summed E-state index contributed by atoms with van der Waals surface area (Å²) in [5.74, 6) is 1.14. The third-order valence-electron chi connectivity index (χ3n) is 3.31. The molecule has 2 rings (SSSR count). The third kappa shape index (κ3) is 2.99. The van der Waals surface area contributed by atoms with Crippen LogP contribution in [0.2, 0.25) is 5.02 Å². The Hall–Kier alpha value is -0.530. The van der Waals surface area contributed by atoms with Crippen molar-refractivity contribution in [1.29, 1.82) is 0 Å². The molecule has 1 aliphatic carbocycles. The van der Waals surface area contributed by atoms with E-state index in [1.165, 1.54) is 18.4 Å². The first-order valence-corrected chi connectivity index (χ1v) is 6.54. The zero-order chi connectivity index (χ0) is 11.5. The minimum Gasteiger partial charge on any atom is -0.313 e. The van der Waals surface area contributed by atoms with E-state index in [2.05, 4.69) is 31.3 Å². The lowest BCUT2D eigenvalue weighted by Gasteiger charge is -2.23. The lowest BCUT2D eigenvalue weighted by atomic mass is 9.88. The predicted octanol–water partition coefficient (Wildman–Crippen LogP) is 3.83. The van der Waals surface area contributed by atoms with Crippen LogP contribution in [0.1, 0.15) is 38.2 Å². The summed E-state index contributed by atoms with van der Waals surface area (Å²) in [4.78, 5) is 0. The summed E-state index contributed by atoms with van der Waals surface area (Å²) in [6.07, 6.45) is 2.68. The van der Waals surface area contributed by atoms with Crippen LogP contribution in [0.15, 0.2) is 24.3 Å². The molecule has 1 aromatic rings. The molecule has 88 valence electrons. The van der Waals surface area contributed by atoms with Gasteiger partial charge in [-0.05, 0) is 30.4 Å². The zero-order valence-corrected chi connectivity index (χ0v) is 10.8. The van der Waals surface area contributed by atoms with Crippen molar-refractivity contribution in [3.05, 3.63) is 34.9 Å². The molecular formula is C14H20ClN. The van der Waals surface area contributed by atoms with E-state index in [4.69, 9.17) is 11.6 Å². The first-order chi connectivity index (χ1) is 7.68. The van der Waals surface area contributed by atoms with Crippen LogP contribution in [-0.2, 0) is 0 Å². The van der Waals surface area contributed by atoms with Gasteiger partial charge in [-0.3, -0.25) is 0 Å². The van der Waals surface area contributed by atoms with Gasteiger partial charge in [-0.2, -0.15) is 0 Å². The number of rotatable bonds is 5. The van der Waals surface area contributed by atoms with Gasteiger partial charge >= 0.3 is 0 Å². The second-order valence-electron chi connectivity index (χ2n) is 5.05. The average molecular weight is 238 g/mol. The molecule has 1 aromatic carbocycles. The van der Waals surface area contributed by atoms with Gasteiger partial charge in [0, 0.05) is 23.5 Å². The Balaban J connectivity index is 2.08. The maximum Gasteiger partial charge on any atom is 0.0441 e. The molecule has 0 aliphatic heterocycles. The SMILES string of the molecule is CC(C)C(CNC1CC1)c1ccccc1Cl. The lowest BCUT2D eigenvalue weighted by molar-refractivity contribution is 0.460. The highest BCUT2D eigenvalue weighted by Gasteiger charge is 2.24. The maximum absolute atomic E-state index is 6.27. The van der Waals surface area contributed by atoms with E-state index < -0.39 is 0 Å². The standard InChI is InChI=1S/C14H20ClN/c1-10(2)13(9-16-11-7-8-11)12-5-3-4-6-14(12)15/h3-6,10-11,13,16H,7-9H2,1-2H3. The van der Waals surface area contributed by atoms with Gasteiger partial charge in [0.05, 0.1) is 0 Å². The number of halogens is 1. The van der Waals surface area contributed by atoms with Crippen molar-refractivity contribution in [3.63, 3.8) is 0 Å². The smallest absolute Gasteiger partial charge is 0.0441 e. The van der Waals surface area contributed by atoms with Crippen molar-refractivity contribution in [2.24, 2.45) is 5.92 Å². The summed E-state index contributed by atoms with van der Waals surface area (Å²) >= 11 is 6.27. The van der Waals surface area contributed by atoms with E-state index >= 15 is 0 Å². The molecule has 1 fully saturated rings. The second kappa shape index (κ2) is 5.20. The minimum absolute atomic E-state index is 0.522. The lowest BCUT2D eigenvalue weighted by Crippen LogP contribution is -2.26. The molecular weight excluding hydrogens is 218 g/mol. The Morgan fingerprint density at radius 1 is 1.31 bits per heavy atom. The van der Waals surface area contributed by atoms with Gasteiger partial charge < -0.3 is 5.32 Å². The van der Waals surface area contributed by atoms with Crippen LogP contribution in [0.25, 0.3) is 0 Å². The van der Waals surface area contributed by atoms with Crippen LogP contribution in [0.4, 0.5) is 0 Å². The molecule has 0 radical (unpaired) electrons. The quantitative estimate of drug-likeness (QED) is 0.821. The van der Waals surface area contributed by atoms with Crippen molar-refractivity contribution in [1.82, 2.24) is 5.32 Å². The molecule has 16 heavy (non-hydrogen) atoms. The first kappa shape index (κ1) is 11.9. The van der Waals surface area contributed by atoms with Crippen molar-refractivity contribution < 1.29 is 0 Å². The summed E-state index contributed by atoms with van der Waals surface area (Å²) in [6.45, 7) is 5.58. The highest BCUT2D eigenvalue weighted by Crippen LogP contribution is 2.30. The molecule has 0 spiro atoms. The average Bonchev–Trinajstić information content (AvgIpc) is 3.04. The van der Waals surface area contributed by atoms with Gasteiger partial charge in [0.2, 0.25) is 0 Å². The number of hydrogen-bond acceptors (Lipinski definition) is 1. The summed E-state index contributed by atoms with van der Waals surface area (Å²) in [5, 5.41) is 4.51. The molecule has 0 aromatic heterocycles. The zero-order valence-electron chi connectivity index (χ0n) is 10.0. The normalized spacial score (nSPS) is 17.8. The molecule has 0 amide bonds. The molecule has 1 N–H and O–H groups in total. The van der Waals surface area contributed by atoms with Crippen molar-refractivity contribution in [2.45, 2.75) is 38.6 Å². The Morgan fingerprint density at radius 2 is 2.00 bits per heavy atom. The fourth-order valence-electron chi connectivity index (χ4n) is 2.06. The van der Waals surface area contributed by atoms with Crippen molar-refractivity contribution in [2.75, 3.05) is 6.54 Å². The number of nitrogens with one attached hydrogen (secondary N) is 1. The maximum atomic E-state index is 6.27. The topological polar surface area (TPSA) is 12.0 Å². The van der Waals surface area contributed by atoms with Gasteiger partial charge in [-0.1, -0.05) is 43.6 Å². The Kier molecular flexibility index (Phi) is 3.88. The van der Waals surface area contributed by atoms with Crippen LogP contribution >= 0.6 is 11.6 Å². The van der Waals surface area contributed by atoms with Crippen LogP contribution in [0.3, 0.4) is 0 Å². The van der Waals surface area contributed by atoms with Crippen LogP contribution in [-0.4, -0.2) is 12.6 Å². The monoisotopic (exact) mass is 237 g/mol. The Morgan fingerprint density at radius 3 is 2.56 bits per heavy atom. The van der Waals surface area contributed by atoms with Gasteiger partial charge in [0.25, 0.3) is 0 Å². The fourth-order valence-corrected chi connectivity index (χ4v) is 2.34. The van der Waals surface area contributed by atoms with Crippen molar-refractivity contribution >= 4 is 11.6 Å². The Labute approximate surface area is 103 Å². The Bertz CT molecular complexity index is 344. The highest BCUT2D eigenvalue weighted by atomic mass is 35.5. The van der Waals surface area contributed by atoms with Gasteiger partial charge in [-0.15, -0.1) is 0 Å². The van der Waals surface area contributed by atoms with E-state index in [9.17, 15) is 0 Å². The molecule has 2 heteroatoms. The predicted molar refractivity (Wildman–Crippen MR) is 70.1 cm³/mol. The molecule has 1 nitrogen and oxygen atoms in total. The van der Waals surface area contributed by atoms with E-state index in [0.29, 0.717) is 11.8 Å². The largest absolute Gasteiger partial charge is 0.313 e. The molecule has 0 heterocycles. The first-order valence-electron chi connectivity index (χ1n) is 6.16. The van der Waals surface area contributed by atoms with Gasteiger partial charge in [-0.25, -0.2) is 0 Å². The van der Waals surface area contributed by atoms with Crippen molar-refractivity contribution in [3.8, 4) is 0 Å². The summed E-state index contributed by atoms with van der Waals surface area (Å²) in [7, 11) is 0. The second-order valence-corrected chi connectivity index (χ2v) is 5.46. The highest BCUT2D eigenvalue weighted by molar-refractivity contribution is 6.31. The summed E-state index contributed by atoms with van der Waals surface area (Å²) in [5.41, 5.74) is 1.28. The van der Waals surface area contributed by atoms with Crippen LogP contribution in [0, 0.1) is 5.92 Å². The van der Waals surface area contributed by atoms with Gasteiger partial charge in [0.1, 0.15) is 0 Å². The van der Waals surface area contributed by atoms with E-state index in [0.717, 1.165) is 17.6 Å². The van der Waals surface area contributed by atoms with Crippen LogP contribution in [0.5, 0.6) is 0 Å². The summed E-state index contributed by atoms with van der Waals surface area (Å²) < 4.78 is 0. The molecule has 1 unspecified atom stereocenters. The third-order valence-corrected chi connectivity index (χ3v) is 3.66. The molecule has 1 aliphatic rings. The van der Waals surface area contributed by atoms with Crippen LogP contribution < -0.4 is 5.32 Å². The number of benzene rings is 1. The molecule has 1 saturated carbocycles. The summed E-state index contributed by atoms with van der Waals surface area (Å²) in [6, 6.07) is 8.99. The van der Waals surface area contributed by atoms with E-state index in [1.807, 2.05) is 12.1 Å². The fraction of sp³-hybridized carbons (Fsp3) is 0.571.